The zero-order chi connectivity index (χ0) is 16.1. The molecule has 0 amide bonds. The Balaban J connectivity index is 2.89. The standard InChI is InChI=1S/C14H28N4O2S/c1-5-8-18-9-13(17-12(18)4)21(19,20)16-11-14(6-2,7-3)10-15/h9,16H,5-8,10-11,15H2,1-4H3. The van der Waals surface area contributed by atoms with Gasteiger partial charge in [-0.2, -0.15) is 0 Å². The van der Waals surface area contributed by atoms with E-state index < -0.39 is 10.0 Å². The third kappa shape index (κ3) is 4.28. The van der Waals surface area contributed by atoms with E-state index in [1.165, 1.54) is 0 Å². The van der Waals surface area contributed by atoms with Crippen molar-refractivity contribution < 1.29 is 8.42 Å². The number of aryl methyl sites for hydroxylation is 2. The van der Waals surface area contributed by atoms with E-state index in [0.717, 1.165) is 25.8 Å². The summed E-state index contributed by atoms with van der Waals surface area (Å²) in [6, 6.07) is 0. The highest BCUT2D eigenvalue weighted by Gasteiger charge is 2.28. The fourth-order valence-corrected chi connectivity index (χ4v) is 3.42. The minimum absolute atomic E-state index is 0.0894. The Hall–Kier alpha value is -0.920. The van der Waals surface area contributed by atoms with Crippen LogP contribution in [0.5, 0.6) is 0 Å². The Morgan fingerprint density at radius 3 is 2.43 bits per heavy atom. The van der Waals surface area contributed by atoms with E-state index in [0.29, 0.717) is 18.9 Å². The highest BCUT2D eigenvalue weighted by Crippen LogP contribution is 2.24. The molecule has 0 aliphatic carbocycles. The second-order valence-corrected chi connectivity index (χ2v) is 7.27. The van der Waals surface area contributed by atoms with Gasteiger partial charge in [-0.3, -0.25) is 0 Å². The lowest BCUT2D eigenvalue weighted by molar-refractivity contribution is 0.275. The molecular formula is C14H28N4O2S. The van der Waals surface area contributed by atoms with Crippen molar-refractivity contribution in [3.8, 4) is 0 Å². The summed E-state index contributed by atoms with van der Waals surface area (Å²) < 4.78 is 29.3. The molecule has 7 heteroatoms. The lowest BCUT2D eigenvalue weighted by atomic mass is 9.83. The van der Waals surface area contributed by atoms with E-state index in [1.807, 2.05) is 32.3 Å². The van der Waals surface area contributed by atoms with Crippen molar-refractivity contribution >= 4 is 10.0 Å². The normalized spacial score (nSPS) is 12.8. The number of nitrogens with zero attached hydrogens (tertiary/aromatic N) is 2. The Bertz CT molecular complexity index is 539. The summed E-state index contributed by atoms with van der Waals surface area (Å²) >= 11 is 0. The molecule has 122 valence electrons. The van der Waals surface area contributed by atoms with Gasteiger partial charge < -0.3 is 10.3 Å². The minimum atomic E-state index is -3.58. The van der Waals surface area contributed by atoms with Gasteiger partial charge in [-0.1, -0.05) is 20.8 Å². The van der Waals surface area contributed by atoms with Gasteiger partial charge in [0.15, 0.2) is 5.03 Å². The number of rotatable bonds is 9. The highest BCUT2D eigenvalue weighted by atomic mass is 32.2. The van der Waals surface area contributed by atoms with Crippen LogP contribution in [0, 0.1) is 12.3 Å². The van der Waals surface area contributed by atoms with Gasteiger partial charge in [0.25, 0.3) is 10.0 Å². The minimum Gasteiger partial charge on any atom is -0.334 e. The SMILES string of the molecule is CCCn1cc(S(=O)(=O)NCC(CC)(CC)CN)nc1C. The smallest absolute Gasteiger partial charge is 0.259 e. The first-order valence-corrected chi connectivity index (χ1v) is 9.06. The van der Waals surface area contributed by atoms with E-state index in [-0.39, 0.29) is 10.4 Å². The van der Waals surface area contributed by atoms with E-state index in [4.69, 9.17) is 5.73 Å². The summed E-state index contributed by atoms with van der Waals surface area (Å²) in [4.78, 5) is 4.16. The van der Waals surface area contributed by atoms with Gasteiger partial charge in [0.2, 0.25) is 0 Å². The van der Waals surface area contributed by atoms with Crippen LogP contribution in [0.2, 0.25) is 0 Å². The van der Waals surface area contributed by atoms with E-state index in [9.17, 15) is 8.42 Å². The van der Waals surface area contributed by atoms with E-state index in [1.54, 1.807) is 6.20 Å². The largest absolute Gasteiger partial charge is 0.334 e. The van der Waals surface area contributed by atoms with Crippen LogP contribution < -0.4 is 10.5 Å². The molecule has 0 radical (unpaired) electrons. The van der Waals surface area contributed by atoms with Crippen LogP contribution in [0.15, 0.2) is 11.2 Å². The molecule has 1 aromatic heterocycles. The first-order chi connectivity index (χ1) is 9.84. The van der Waals surface area contributed by atoms with Crippen LogP contribution in [0.4, 0.5) is 0 Å². The first kappa shape index (κ1) is 18.1. The van der Waals surface area contributed by atoms with Crippen molar-refractivity contribution in [3.05, 3.63) is 12.0 Å². The maximum absolute atomic E-state index is 12.4. The van der Waals surface area contributed by atoms with Gasteiger partial charge in [-0.05, 0) is 38.1 Å². The molecule has 0 saturated heterocycles. The van der Waals surface area contributed by atoms with Crippen LogP contribution in [0.1, 0.15) is 45.9 Å². The van der Waals surface area contributed by atoms with Crippen LogP contribution in [-0.4, -0.2) is 31.1 Å². The lowest BCUT2D eigenvalue weighted by Gasteiger charge is -2.29. The van der Waals surface area contributed by atoms with Crippen molar-refractivity contribution in [2.45, 2.75) is 58.5 Å². The molecule has 0 aromatic carbocycles. The lowest BCUT2D eigenvalue weighted by Crippen LogP contribution is -2.41. The summed E-state index contributed by atoms with van der Waals surface area (Å²) in [5.74, 6) is 0.716. The zero-order valence-corrected chi connectivity index (χ0v) is 14.3. The number of sulfonamides is 1. The van der Waals surface area contributed by atoms with Crippen molar-refractivity contribution in [1.29, 1.82) is 0 Å². The third-order valence-corrected chi connectivity index (χ3v) is 5.54. The molecule has 0 aliphatic rings. The second kappa shape index (κ2) is 7.38. The molecule has 0 atom stereocenters. The van der Waals surface area contributed by atoms with Gasteiger partial charge >= 0.3 is 0 Å². The summed E-state index contributed by atoms with van der Waals surface area (Å²) in [6.45, 7) is 9.51. The number of imidazole rings is 1. The summed E-state index contributed by atoms with van der Waals surface area (Å²) in [6.07, 6.45) is 4.22. The molecule has 3 N–H and O–H groups in total. The Kier molecular flexibility index (Phi) is 6.37. The van der Waals surface area contributed by atoms with E-state index in [2.05, 4.69) is 9.71 Å². The number of hydrogen-bond acceptors (Lipinski definition) is 4. The van der Waals surface area contributed by atoms with Gasteiger partial charge in [-0.25, -0.2) is 18.1 Å². The highest BCUT2D eigenvalue weighted by molar-refractivity contribution is 7.89. The van der Waals surface area contributed by atoms with Crippen LogP contribution >= 0.6 is 0 Å². The first-order valence-electron chi connectivity index (χ1n) is 7.57. The second-order valence-electron chi connectivity index (χ2n) is 5.56. The monoisotopic (exact) mass is 316 g/mol. The zero-order valence-electron chi connectivity index (χ0n) is 13.5. The molecule has 1 heterocycles. The fourth-order valence-electron chi connectivity index (χ4n) is 2.26. The van der Waals surface area contributed by atoms with Crippen LogP contribution in [0.25, 0.3) is 0 Å². The molecule has 0 bridgehead atoms. The number of aromatic nitrogens is 2. The van der Waals surface area contributed by atoms with E-state index >= 15 is 0 Å². The molecule has 0 spiro atoms. The predicted molar refractivity (Wildman–Crippen MR) is 84.5 cm³/mol. The Labute approximate surface area is 128 Å². The molecular weight excluding hydrogens is 288 g/mol. The van der Waals surface area contributed by atoms with Crippen LogP contribution in [-0.2, 0) is 16.6 Å². The van der Waals surface area contributed by atoms with Gasteiger partial charge in [0.1, 0.15) is 5.82 Å². The van der Waals surface area contributed by atoms with Crippen LogP contribution in [0.3, 0.4) is 0 Å². The number of hydrogen-bond donors (Lipinski definition) is 2. The maximum Gasteiger partial charge on any atom is 0.259 e. The third-order valence-electron chi connectivity index (χ3n) is 4.26. The predicted octanol–water partition coefficient (Wildman–Crippen LogP) is 1.64. The number of nitrogens with one attached hydrogen (secondary N) is 1. The van der Waals surface area contributed by atoms with Gasteiger partial charge in [0.05, 0.1) is 0 Å². The molecule has 6 nitrogen and oxygen atoms in total. The molecule has 1 aromatic rings. The maximum atomic E-state index is 12.4. The molecule has 0 aliphatic heterocycles. The average Bonchev–Trinajstić information content (AvgIpc) is 2.84. The molecule has 0 unspecified atom stereocenters. The molecule has 21 heavy (non-hydrogen) atoms. The van der Waals surface area contributed by atoms with Crippen molar-refractivity contribution in [3.63, 3.8) is 0 Å². The molecule has 0 saturated carbocycles. The average molecular weight is 316 g/mol. The van der Waals surface area contributed by atoms with Crippen molar-refractivity contribution in [1.82, 2.24) is 14.3 Å². The van der Waals surface area contributed by atoms with Crippen molar-refractivity contribution in [2.75, 3.05) is 13.1 Å². The quantitative estimate of drug-likeness (QED) is 0.725. The van der Waals surface area contributed by atoms with Crippen molar-refractivity contribution in [2.24, 2.45) is 11.1 Å². The topological polar surface area (TPSA) is 90.0 Å². The molecule has 1 rings (SSSR count). The van der Waals surface area contributed by atoms with Gasteiger partial charge in [-0.15, -0.1) is 0 Å². The number of nitrogens with two attached hydrogens (primary N) is 1. The Morgan fingerprint density at radius 1 is 1.33 bits per heavy atom. The fraction of sp³-hybridized carbons (Fsp3) is 0.786. The summed E-state index contributed by atoms with van der Waals surface area (Å²) in [7, 11) is -3.58. The Morgan fingerprint density at radius 2 is 1.95 bits per heavy atom. The summed E-state index contributed by atoms with van der Waals surface area (Å²) in [5.41, 5.74) is 5.62. The summed E-state index contributed by atoms with van der Waals surface area (Å²) in [5, 5.41) is 0.0894. The van der Waals surface area contributed by atoms with Gasteiger partial charge in [0, 0.05) is 19.3 Å². The molecule has 0 fully saturated rings.